The van der Waals surface area contributed by atoms with E-state index in [0.717, 1.165) is 0 Å². The van der Waals surface area contributed by atoms with Gasteiger partial charge in [-0.25, -0.2) is 0 Å². The van der Waals surface area contributed by atoms with Crippen molar-refractivity contribution < 1.29 is 15.0 Å². The smallest absolute Gasteiger partial charge is 0.255 e. The number of β-amino-alcohol motifs (C(OH)–C–C–N with tert-alkyl or cyclic N) is 1. The first kappa shape index (κ1) is 9.92. The number of aliphatic hydroxyl groups is 1. The molecule has 0 spiro atoms. The van der Waals surface area contributed by atoms with Gasteiger partial charge >= 0.3 is 0 Å². The first-order valence-corrected chi connectivity index (χ1v) is 4.78. The average molecular weight is 208 g/mol. The highest BCUT2D eigenvalue weighted by atomic mass is 16.3. The molecule has 1 aliphatic rings. The molecule has 1 atom stereocenters. The van der Waals surface area contributed by atoms with Crippen molar-refractivity contribution >= 4 is 5.91 Å². The fraction of sp³-hybridized carbons (Fsp3) is 0.400. The Morgan fingerprint density at radius 2 is 2.33 bits per heavy atom. The van der Waals surface area contributed by atoms with Crippen LogP contribution in [0.1, 0.15) is 16.8 Å². The SMILES string of the molecule is O=C(c1cncc(O)c1)N1CCC(O)C1. The summed E-state index contributed by atoms with van der Waals surface area (Å²) in [7, 11) is 0. The van der Waals surface area contributed by atoms with Crippen LogP contribution in [-0.2, 0) is 0 Å². The van der Waals surface area contributed by atoms with Gasteiger partial charge in [0, 0.05) is 19.3 Å². The molecule has 1 aliphatic heterocycles. The number of hydrogen-bond donors (Lipinski definition) is 2. The van der Waals surface area contributed by atoms with Gasteiger partial charge in [-0.05, 0) is 12.5 Å². The van der Waals surface area contributed by atoms with Crippen LogP contribution < -0.4 is 0 Å². The zero-order valence-corrected chi connectivity index (χ0v) is 8.13. The number of aliphatic hydroxyl groups excluding tert-OH is 1. The van der Waals surface area contributed by atoms with E-state index in [1.54, 1.807) is 4.90 Å². The Balaban J connectivity index is 2.14. The van der Waals surface area contributed by atoms with E-state index in [1.165, 1.54) is 18.5 Å². The molecular weight excluding hydrogens is 196 g/mol. The minimum absolute atomic E-state index is 0.0272. The fourth-order valence-electron chi connectivity index (χ4n) is 1.65. The quantitative estimate of drug-likeness (QED) is 0.681. The second kappa shape index (κ2) is 3.86. The molecule has 2 heterocycles. The molecule has 1 fully saturated rings. The number of hydrogen-bond acceptors (Lipinski definition) is 4. The molecule has 1 aromatic heterocycles. The molecule has 0 aliphatic carbocycles. The van der Waals surface area contributed by atoms with Crippen molar-refractivity contribution in [2.45, 2.75) is 12.5 Å². The molecule has 15 heavy (non-hydrogen) atoms. The summed E-state index contributed by atoms with van der Waals surface area (Å²) in [5.41, 5.74) is 0.351. The molecule has 0 radical (unpaired) electrons. The van der Waals surface area contributed by atoms with E-state index in [-0.39, 0.29) is 11.7 Å². The van der Waals surface area contributed by atoms with E-state index in [4.69, 9.17) is 0 Å². The minimum Gasteiger partial charge on any atom is -0.506 e. The van der Waals surface area contributed by atoms with Gasteiger partial charge in [0.1, 0.15) is 5.75 Å². The van der Waals surface area contributed by atoms with Crippen molar-refractivity contribution in [1.29, 1.82) is 0 Å². The lowest BCUT2D eigenvalue weighted by Gasteiger charge is -2.14. The number of nitrogens with zero attached hydrogens (tertiary/aromatic N) is 2. The number of carbonyl (C=O) groups is 1. The zero-order valence-electron chi connectivity index (χ0n) is 8.13. The van der Waals surface area contributed by atoms with Crippen LogP contribution in [0.15, 0.2) is 18.5 Å². The van der Waals surface area contributed by atoms with Gasteiger partial charge in [-0.1, -0.05) is 0 Å². The summed E-state index contributed by atoms with van der Waals surface area (Å²) >= 11 is 0. The number of aromatic nitrogens is 1. The Bertz CT molecular complexity index is 381. The number of pyridine rings is 1. The summed E-state index contributed by atoms with van der Waals surface area (Å²) in [5.74, 6) is -0.226. The maximum absolute atomic E-state index is 11.8. The maximum atomic E-state index is 11.8. The molecule has 2 rings (SSSR count). The highest BCUT2D eigenvalue weighted by Crippen LogP contribution is 2.15. The Kier molecular flexibility index (Phi) is 2.55. The summed E-state index contributed by atoms with van der Waals surface area (Å²) in [6.07, 6.45) is 2.86. The van der Waals surface area contributed by atoms with Crippen molar-refractivity contribution in [3.05, 3.63) is 24.0 Å². The summed E-state index contributed by atoms with van der Waals surface area (Å²) in [6.45, 7) is 0.907. The van der Waals surface area contributed by atoms with Crippen molar-refractivity contribution in [2.24, 2.45) is 0 Å². The molecular formula is C10H12N2O3. The Morgan fingerprint density at radius 3 is 2.93 bits per heavy atom. The van der Waals surface area contributed by atoms with Crippen molar-refractivity contribution in [1.82, 2.24) is 9.88 Å². The predicted octanol–water partition coefficient (Wildman–Crippen LogP) is -0.00600. The van der Waals surface area contributed by atoms with E-state index in [0.29, 0.717) is 25.1 Å². The minimum atomic E-state index is -0.431. The van der Waals surface area contributed by atoms with Crippen LogP contribution in [0.4, 0.5) is 0 Å². The van der Waals surface area contributed by atoms with Crippen LogP contribution in [0.5, 0.6) is 5.75 Å². The van der Waals surface area contributed by atoms with Gasteiger partial charge in [-0.2, -0.15) is 0 Å². The molecule has 2 N–H and O–H groups in total. The first-order chi connectivity index (χ1) is 7.16. The van der Waals surface area contributed by atoms with E-state index < -0.39 is 6.10 Å². The molecule has 0 bridgehead atoms. The highest BCUT2D eigenvalue weighted by Gasteiger charge is 2.25. The van der Waals surface area contributed by atoms with E-state index >= 15 is 0 Å². The summed E-state index contributed by atoms with van der Waals surface area (Å²) in [4.78, 5) is 17.1. The Hall–Kier alpha value is -1.62. The second-order valence-corrected chi connectivity index (χ2v) is 3.63. The molecule has 1 aromatic rings. The largest absolute Gasteiger partial charge is 0.506 e. The van der Waals surface area contributed by atoms with Crippen molar-refractivity contribution in [2.75, 3.05) is 13.1 Å². The maximum Gasteiger partial charge on any atom is 0.255 e. The van der Waals surface area contributed by atoms with Crippen molar-refractivity contribution in [3.8, 4) is 5.75 Å². The Morgan fingerprint density at radius 1 is 1.53 bits per heavy atom. The van der Waals surface area contributed by atoms with Gasteiger partial charge in [0.25, 0.3) is 5.91 Å². The molecule has 5 nitrogen and oxygen atoms in total. The van der Waals surface area contributed by atoms with Gasteiger partial charge in [0.2, 0.25) is 0 Å². The number of aromatic hydroxyl groups is 1. The van der Waals surface area contributed by atoms with Crippen LogP contribution in [0, 0.1) is 0 Å². The van der Waals surface area contributed by atoms with Gasteiger partial charge in [0.05, 0.1) is 17.9 Å². The number of rotatable bonds is 1. The Labute approximate surface area is 87.0 Å². The van der Waals surface area contributed by atoms with Gasteiger partial charge < -0.3 is 15.1 Å². The van der Waals surface area contributed by atoms with E-state index in [2.05, 4.69) is 4.98 Å². The van der Waals surface area contributed by atoms with E-state index in [9.17, 15) is 15.0 Å². The summed E-state index contributed by atoms with van der Waals surface area (Å²) in [6, 6.07) is 1.38. The number of amides is 1. The lowest BCUT2D eigenvalue weighted by Crippen LogP contribution is -2.29. The molecule has 0 saturated carbocycles. The summed E-state index contributed by atoms with van der Waals surface area (Å²) in [5, 5.41) is 18.5. The molecule has 1 amide bonds. The third-order valence-corrected chi connectivity index (χ3v) is 2.42. The third-order valence-electron chi connectivity index (χ3n) is 2.42. The van der Waals surface area contributed by atoms with Crippen LogP contribution in [0.2, 0.25) is 0 Å². The molecule has 80 valence electrons. The monoisotopic (exact) mass is 208 g/mol. The lowest BCUT2D eigenvalue weighted by atomic mass is 10.2. The number of likely N-dealkylation sites (tertiary alicyclic amines) is 1. The van der Waals surface area contributed by atoms with Gasteiger partial charge in [0.15, 0.2) is 0 Å². The van der Waals surface area contributed by atoms with Gasteiger partial charge in [-0.3, -0.25) is 9.78 Å². The predicted molar refractivity (Wildman–Crippen MR) is 52.4 cm³/mol. The topological polar surface area (TPSA) is 73.7 Å². The second-order valence-electron chi connectivity index (χ2n) is 3.63. The lowest BCUT2D eigenvalue weighted by molar-refractivity contribution is 0.0764. The summed E-state index contributed by atoms with van der Waals surface area (Å²) < 4.78 is 0. The van der Waals surface area contributed by atoms with Crippen molar-refractivity contribution in [3.63, 3.8) is 0 Å². The normalized spacial score (nSPS) is 20.6. The molecule has 0 aromatic carbocycles. The van der Waals surface area contributed by atoms with Crippen LogP contribution in [0.25, 0.3) is 0 Å². The van der Waals surface area contributed by atoms with Crippen LogP contribution in [-0.4, -0.2) is 45.2 Å². The molecule has 5 heteroatoms. The van der Waals surface area contributed by atoms with Gasteiger partial charge in [-0.15, -0.1) is 0 Å². The molecule has 1 unspecified atom stereocenters. The number of carbonyl (C=O) groups excluding carboxylic acids is 1. The third kappa shape index (κ3) is 2.07. The average Bonchev–Trinajstić information content (AvgIpc) is 2.64. The van der Waals surface area contributed by atoms with E-state index in [1.807, 2.05) is 0 Å². The fourth-order valence-corrected chi connectivity index (χ4v) is 1.65. The standard InChI is InChI=1S/C10H12N2O3/c13-8-1-2-12(6-8)10(15)7-3-9(14)5-11-4-7/h3-5,8,13-14H,1-2,6H2. The van der Waals surface area contributed by atoms with Crippen LogP contribution in [0.3, 0.4) is 0 Å². The van der Waals surface area contributed by atoms with Crippen LogP contribution >= 0.6 is 0 Å². The zero-order chi connectivity index (χ0) is 10.8. The molecule has 1 saturated heterocycles. The highest BCUT2D eigenvalue weighted by molar-refractivity contribution is 5.94. The first-order valence-electron chi connectivity index (χ1n) is 4.78.